The van der Waals surface area contributed by atoms with Crippen LogP contribution in [0.1, 0.15) is 11.4 Å². The van der Waals surface area contributed by atoms with Crippen molar-refractivity contribution >= 4 is 28.9 Å². The molecule has 11 heteroatoms. The number of imidazole rings is 1. The van der Waals surface area contributed by atoms with Gasteiger partial charge in [0.05, 0.1) is 11.0 Å². The van der Waals surface area contributed by atoms with Gasteiger partial charge in [-0.1, -0.05) is 42.5 Å². The normalized spacial score (nSPS) is 11.2. The molecule has 31 heavy (non-hydrogen) atoms. The Labute approximate surface area is 174 Å². The second-order valence-electron chi connectivity index (χ2n) is 6.39. The van der Waals surface area contributed by atoms with Gasteiger partial charge in [0.15, 0.2) is 6.61 Å². The van der Waals surface area contributed by atoms with E-state index in [0.717, 1.165) is 5.56 Å². The Kier molecular flexibility index (Phi) is 6.53. The van der Waals surface area contributed by atoms with E-state index in [4.69, 9.17) is 4.74 Å². The number of alkyl halides is 3. The Hall–Kier alpha value is -3.89. The molecule has 0 bridgehead atoms. The highest BCUT2D eigenvalue weighted by Gasteiger charge is 2.38. The van der Waals surface area contributed by atoms with Crippen molar-refractivity contribution in [1.29, 1.82) is 0 Å². The molecule has 0 fully saturated rings. The van der Waals surface area contributed by atoms with Crippen molar-refractivity contribution in [3.8, 4) is 0 Å². The fraction of sp³-hybridized carbons (Fsp3) is 0.200. The Bertz CT molecular complexity index is 1100. The second-order valence-corrected chi connectivity index (χ2v) is 6.39. The van der Waals surface area contributed by atoms with Crippen molar-refractivity contribution in [3.63, 3.8) is 0 Å². The summed E-state index contributed by atoms with van der Waals surface area (Å²) in [5, 5.41) is 4.41. The molecule has 0 unspecified atom stereocenters. The van der Waals surface area contributed by atoms with Crippen LogP contribution in [0.5, 0.6) is 0 Å². The number of aromatic nitrogens is 2. The minimum atomic E-state index is -4.78. The first-order valence-corrected chi connectivity index (χ1v) is 9.04. The minimum Gasteiger partial charge on any atom is -0.454 e. The molecule has 0 radical (unpaired) electrons. The molecule has 0 atom stereocenters. The quantitative estimate of drug-likeness (QED) is 0.581. The van der Waals surface area contributed by atoms with Gasteiger partial charge in [-0.15, -0.1) is 0 Å². The third-order valence-electron chi connectivity index (χ3n) is 4.11. The first kappa shape index (κ1) is 21.8. The van der Waals surface area contributed by atoms with E-state index in [0.29, 0.717) is 4.57 Å². The van der Waals surface area contributed by atoms with Gasteiger partial charge in [0.2, 0.25) is 5.82 Å². The van der Waals surface area contributed by atoms with Crippen LogP contribution in [-0.4, -0.2) is 34.1 Å². The lowest BCUT2D eigenvalue weighted by molar-refractivity contribution is -0.153. The van der Waals surface area contributed by atoms with Crippen molar-refractivity contribution in [2.45, 2.75) is 19.3 Å². The Morgan fingerprint density at radius 2 is 1.68 bits per heavy atom. The number of imide groups is 1. The first-order chi connectivity index (χ1) is 14.7. The van der Waals surface area contributed by atoms with E-state index in [1.54, 1.807) is 24.3 Å². The Morgan fingerprint density at radius 1 is 1.00 bits per heavy atom. The SMILES string of the molecule is O=C(COC(=O)Cn1c(C(F)(F)F)nc2ccccc21)NC(=O)NCc1ccccc1. The van der Waals surface area contributed by atoms with Crippen LogP contribution in [0.3, 0.4) is 0 Å². The predicted octanol–water partition coefficient (Wildman–Crippen LogP) is 2.62. The molecule has 1 heterocycles. The van der Waals surface area contributed by atoms with Crippen molar-refractivity contribution in [2.75, 3.05) is 6.61 Å². The largest absolute Gasteiger partial charge is 0.454 e. The number of amides is 3. The van der Waals surface area contributed by atoms with Crippen LogP contribution in [0, 0.1) is 0 Å². The average molecular weight is 434 g/mol. The zero-order chi connectivity index (χ0) is 22.4. The van der Waals surface area contributed by atoms with E-state index in [2.05, 4.69) is 10.3 Å². The van der Waals surface area contributed by atoms with E-state index < -0.39 is 43.1 Å². The van der Waals surface area contributed by atoms with Crippen molar-refractivity contribution in [3.05, 3.63) is 66.0 Å². The van der Waals surface area contributed by atoms with Crippen LogP contribution < -0.4 is 10.6 Å². The highest BCUT2D eigenvalue weighted by molar-refractivity contribution is 5.95. The monoisotopic (exact) mass is 434 g/mol. The number of halogens is 3. The summed E-state index contributed by atoms with van der Waals surface area (Å²) in [5.41, 5.74) is 0.969. The third-order valence-corrected chi connectivity index (χ3v) is 4.11. The van der Waals surface area contributed by atoms with Crippen LogP contribution >= 0.6 is 0 Å². The van der Waals surface area contributed by atoms with Gasteiger partial charge >= 0.3 is 18.2 Å². The van der Waals surface area contributed by atoms with E-state index in [9.17, 15) is 27.6 Å². The van der Waals surface area contributed by atoms with Crippen molar-refractivity contribution in [2.24, 2.45) is 0 Å². The number of carbonyl (C=O) groups excluding carboxylic acids is 3. The summed E-state index contributed by atoms with van der Waals surface area (Å²) < 4.78 is 45.1. The number of nitrogens with one attached hydrogen (secondary N) is 2. The number of ether oxygens (including phenoxy) is 1. The summed E-state index contributed by atoms with van der Waals surface area (Å²) in [6.07, 6.45) is -4.78. The molecule has 0 spiro atoms. The molecule has 2 aromatic carbocycles. The van der Waals surface area contributed by atoms with E-state index in [1.165, 1.54) is 24.3 Å². The zero-order valence-corrected chi connectivity index (χ0v) is 16.0. The van der Waals surface area contributed by atoms with Gasteiger partial charge in [0, 0.05) is 6.54 Å². The lowest BCUT2D eigenvalue weighted by Crippen LogP contribution is -2.41. The van der Waals surface area contributed by atoms with Gasteiger partial charge in [0.25, 0.3) is 5.91 Å². The fourth-order valence-corrected chi connectivity index (χ4v) is 2.76. The zero-order valence-electron chi connectivity index (χ0n) is 16.0. The first-order valence-electron chi connectivity index (χ1n) is 9.04. The molecule has 0 saturated heterocycles. The highest BCUT2D eigenvalue weighted by atomic mass is 19.4. The molecule has 0 aliphatic rings. The summed E-state index contributed by atoms with van der Waals surface area (Å²) in [6.45, 7) is -1.46. The van der Waals surface area contributed by atoms with Gasteiger partial charge in [0.1, 0.15) is 6.54 Å². The molecule has 0 aliphatic heterocycles. The number of esters is 1. The van der Waals surface area contributed by atoms with Gasteiger partial charge in [-0.2, -0.15) is 13.2 Å². The van der Waals surface area contributed by atoms with Crippen molar-refractivity contribution in [1.82, 2.24) is 20.2 Å². The van der Waals surface area contributed by atoms with Crippen molar-refractivity contribution < 1.29 is 32.3 Å². The van der Waals surface area contributed by atoms with E-state index in [-0.39, 0.29) is 17.6 Å². The molecular formula is C20H17F3N4O4. The number of hydrogen-bond acceptors (Lipinski definition) is 5. The smallest absolute Gasteiger partial charge is 0.449 e. The topological polar surface area (TPSA) is 102 Å². The molecule has 2 N–H and O–H groups in total. The highest BCUT2D eigenvalue weighted by Crippen LogP contribution is 2.31. The third kappa shape index (κ3) is 5.81. The standard InChI is InChI=1S/C20H17F3N4O4/c21-20(22,23)18-25-14-8-4-5-9-15(14)27(18)11-17(29)31-12-16(28)26-19(30)24-10-13-6-2-1-3-7-13/h1-9H,10-12H2,(H2,24,26,28,30). The molecular weight excluding hydrogens is 417 g/mol. The lowest BCUT2D eigenvalue weighted by atomic mass is 10.2. The molecule has 3 aromatic rings. The maximum Gasteiger partial charge on any atom is 0.449 e. The fourth-order valence-electron chi connectivity index (χ4n) is 2.76. The van der Waals surface area contributed by atoms with Crippen LogP contribution in [0.4, 0.5) is 18.0 Å². The Morgan fingerprint density at radius 3 is 2.39 bits per heavy atom. The van der Waals surface area contributed by atoms with Gasteiger partial charge < -0.3 is 14.6 Å². The van der Waals surface area contributed by atoms with Gasteiger partial charge in [-0.05, 0) is 17.7 Å². The van der Waals surface area contributed by atoms with Gasteiger partial charge in [-0.25, -0.2) is 9.78 Å². The summed E-state index contributed by atoms with van der Waals surface area (Å²) in [4.78, 5) is 39.0. The van der Waals surface area contributed by atoms with Crippen LogP contribution in [0.25, 0.3) is 11.0 Å². The maximum absolute atomic E-state index is 13.2. The summed E-state index contributed by atoms with van der Waals surface area (Å²) in [5.74, 6) is -3.27. The molecule has 0 saturated carbocycles. The number of para-hydroxylation sites is 2. The predicted molar refractivity (Wildman–Crippen MR) is 103 cm³/mol. The maximum atomic E-state index is 13.2. The number of carbonyl (C=O) groups is 3. The lowest BCUT2D eigenvalue weighted by Gasteiger charge is -2.11. The summed E-state index contributed by atoms with van der Waals surface area (Å²) in [6, 6.07) is 13.9. The number of benzene rings is 2. The van der Waals surface area contributed by atoms with Crippen LogP contribution in [0.2, 0.25) is 0 Å². The summed E-state index contributed by atoms with van der Waals surface area (Å²) >= 11 is 0. The van der Waals surface area contributed by atoms with E-state index in [1.807, 2.05) is 11.4 Å². The molecule has 162 valence electrons. The number of urea groups is 1. The van der Waals surface area contributed by atoms with Crippen LogP contribution in [0.15, 0.2) is 54.6 Å². The van der Waals surface area contributed by atoms with Gasteiger partial charge in [-0.3, -0.25) is 14.9 Å². The summed E-state index contributed by atoms with van der Waals surface area (Å²) in [7, 11) is 0. The second kappa shape index (κ2) is 9.28. The molecule has 3 amide bonds. The van der Waals surface area contributed by atoms with Crippen LogP contribution in [-0.2, 0) is 33.6 Å². The number of rotatable bonds is 6. The molecule has 0 aliphatic carbocycles. The minimum absolute atomic E-state index is 0.0652. The molecule has 3 rings (SSSR count). The average Bonchev–Trinajstić information content (AvgIpc) is 3.10. The number of nitrogens with zero attached hydrogens (tertiary/aromatic N) is 2. The number of fused-ring (bicyclic) bond motifs is 1. The number of hydrogen-bond donors (Lipinski definition) is 2. The molecule has 8 nitrogen and oxygen atoms in total. The van der Waals surface area contributed by atoms with E-state index >= 15 is 0 Å². The Balaban J connectivity index is 1.53. The molecule has 1 aromatic heterocycles.